The number of rotatable bonds is 4. The first kappa shape index (κ1) is 12.8. The van der Waals surface area contributed by atoms with Gasteiger partial charge in [0.2, 0.25) is 0 Å². The van der Waals surface area contributed by atoms with E-state index in [0.29, 0.717) is 4.90 Å². The van der Waals surface area contributed by atoms with E-state index in [-0.39, 0.29) is 5.69 Å². The molecule has 0 aliphatic carbocycles. The molecule has 8 heteroatoms. The SMILES string of the molecule is CN(SSc1cccc([N+](=O)[O-])c1)C(=O)F. The van der Waals surface area contributed by atoms with E-state index < -0.39 is 11.1 Å². The predicted molar refractivity (Wildman–Crippen MR) is 60.8 cm³/mol. The molecule has 86 valence electrons. The molecule has 1 rings (SSSR count). The van der Waals surface area contributed by atoms with Crippen LogP contribution in [0.25, 0.3) is 0 Å². The van der Waals surface area contributed by atoms with Crippen LogP contribution in [0.2, 0.25) is 0 Å². The number of non-ortho nitro benzene ring substituents is 1. The Bertz CT molecular complexity index is 416. The second-order valence-electron chi connectivity index (χ2n) is 2.66. The average Bonchev–Trinajstić information content (AvgIpc) is 2.26. The Morgan fingerprint density at radius 2 is 2.25 bits per heavy atom. The molecule has 0 radical (unpaired) electrons. The van der Waals surface area contributed by atoms with Gasteiger partial charge in [-0.3, -0.25) is 14.4 Å². The molecule has 0 unspecified atom stereocenters. The molecule has 0 aromatic heterocycles. The maximum absolute atomic E-state index is 12.1. The van der Waals surface area contributed by atoms with Crippen molar-refractivity contribution < 1.29 is 14.1 Å². The first-order valence-corrected chi connectivity index (χ1v) is 6.13. The van der Waals surface area contributed by atoms with Crippen molar-refractivity contribution in [3.05, 3.63) is 34.4 Å². The van der Waals surface area contributed by atoms with Gasteiger partial charge in [-0.05, 0) is 16.9 Å². The van der Waals surface area contributed by atoms with Gasteiger partial charge >= 0.3 is 6.16 Å². The molecule has 0 bridgehead atoms. The fraction of sp³-hybridized carbons (Fsp3) is 0.125. The molecule has 0 saturated carbocycles. The van der Waals surface area contributed by atoms with Gasteiger partial charge in [-0.2, -0.15) is 0 Å². The van der Waals surface area contributed by atoms with Crippen molar-refractivity contribution in [1.29, 1.82) is 0 Å². The van der Waals surface area contributed by atoms with E-state index in [0.717, 1.165) is 26.1 Å². The highest BCUT2D eigenvalue weighted by atomic mass is 33.1. The summed E-state index contributed by atoms with van der Waals surface area (Å²) >= 11 is 0. The number of nitrogens with zero attached hydrogens (tertiary/aromatic N) is 2. The van der Waals surface area contributed by atoms with Crippen LogP contribution in [0.1, 0.15) is 0 Å². The van der Waals surface area contributed by atoms with Gasteiger partial charge in [-0.15, -0.1) is 4.39 Å². The summed E-state index contributed by atoms with van der Waals surface area (Å²) in [5, 5.41) is 10.5. The first-order valence-electron chi connectivity index (χ1n) is 4.03. The minimum absolute atomic E-state index is 0.0418. The predicted octanol–water partition coefficient (Wildman–Crippen LogP) is 3.27. The topological polar surface area (TPSA) is 63.4 Å². The molecule has 0 spiro atoms. The number of hydrogen-bond donors (Lipinski definition) is 0. The Morgan fingerprint density at radius 3 is 2.81 bits per heavy atom. The molecular weight excluding hydrogens is 255 g/mol. The van der Waals surface area contributed by atoms with Crippen molar-refractivity contribution in [2.45, 2.75) is 4.90 Å². The molecule has 1 aromatic rings. The van der Waals surface area contributed by atoms with Crippen LogP contribution < -0.4 is 0 Å². The van der Waals surface area contributed by atoms with Gasteiger partial charge < -0.3 is 0 Å². The number of carbonyl (C=O) groups is 1. The van der Waals surface area contributed by atoms with Crippen LogP contribution in [-0.4, -0.2) is 22.4 Å². The number of benzene rings is 1. The third-order valence-electron chi connectivity index (χ3n) is 1.52. The van der Waals surface area contributed by atoms with Gasteiger partial charge in [-0.1, -0.05) is 6.07 Å². The zero-order valence-electron chi connectivity index (χ0n) is 8.12. The van der Waals surface area contributed by atoms with E-state index in [1.54, 1.807) is 6.07 Å². The lowest BCUT2D eigenvalue weighted by Gasteiger charge is -2.08. The van der Waals surface area contributed by atoms with Crippen LogP contribution >= 0.6 is 21.8 Å². The van der Waals surface area contributed by atoms with Gasteiger partial charge in [0.15, 0.2) is 0 Å². The standard InChI is InChI=1S/C8H7FN2O3S2/c1-10(8(9)12)16-15-7-4-2-3-6(5-7)11(13)14/h2-5H,1H3. The number of halogens is 1. The quantitative estimate of drug-likeness (QED) is 0.208. The molecule has 16 heavy (non-hydrogen) atoms. The lowest BCUT2D eigenvalue weighted by atomic mass is 10.3. The van der Waals surface area contributed by atoms with E-state index in [9.17, 15) is 19.3 Å². The van der Waals surface area contributed by atoms with Gasteiger partial charge in [-0.25, -0.2) is 4.79 Å². The highest BCUT2D eigenvalue weighted by Gasteiger charge is 2.10. The maximum Gasteiger partial charge on any atom is 0.410 e. The molecule has 0 aliphatic heterocycles. The summed E-state index contributed by atoms with van der Waals surface area (Å²) in [7, 11) is 3.20. The summed E-state index contributed by atoms with van der Waals surface area (Å²) in [6, 6.07) is 5.88. The molecule has 5 nitrogen and oxygen atoms in total. The van der Waals surface area contributed by atoms with E-state index in [1.165, 1.54) is 25.2 Å². The molecule has 0 saturated heterocycles. The lowest BCUT2D eigenvalue weighted by molar-refractivity contribution is -0.385. The minimum Gasteiger partial charge on any atom is -0.258 e. The first-order chi connectivity index (χ1) is 7.50. The molecule has 0 N–H and O–H groups in total. The molecule has 0 aliphatic rings. The van der Waals surface area contributed by atoms with Crippen molar-refractivity contribution in [3.8, 4) is 0 Å². The highest BCUT2D eigenvalue weighted by Crippen LogP contribution is 2.34. The molecule has 0 atom stereocenters. The Balaban J connectivity index is 2.64. The summed E-state index contributed by atoms with van der Waals surface area (Å²) < 4.78 is 12.9. The second-order valence-corrected chi connectivity index (χ2v) is 4.94. The number of nitro benzene ring substituents is 1. The summed E-state index contributed by atoms with van der Waals surface area (Å²) in [4.78, 5) is 20.8. The third kappa shape index (κ3) is 3.70. The maximum atomic E-state index is 12.1. The monoisotopic (exact) mass is 262 g/mol. The Hall–Kier alpha value is -1.28. The van der Waals surface area contributed by atoms with Gasteiger partial charge in [0, 0.05) is 35.1 Å². The number of hydrogen-bond acceptors (Lipinski definition) is 5. The second kappa shape index (κ2) is 5.71. The Labute approximate surface area is 98.7 Å². The van der Waals surface area contributed by atoms with Crippen molar-refractivity contribution in [1.82, 2.24) is 4.31 Å². The smallest absolute Gasteiger partial charge is 0.258 e. The fourth-order valence-corrected chi connectivity index (χ4v) is 2.42. The van der Waals surface area contributed by atoms with Crippen LogP contribution in [0.15, 0.2) is 29.2 Å². The van der Waals surface area contributed by atoms with Crippen molar-refractivity contribution in [2.24, 2.45) is 0 Å². The normalized spacial score (nSPS) is 9.88. The van der Waals surface area contributed by atoms with E-state index >= 15 is 0 Å². The van der Waals surface area contributed by atoms with E-state index in [2.05, 4.69) is 0 Å². The Kier molecular flexibility index (Phi) is 4.56. The zero-order valence-corrected chi connectivity index (χ0v) is 9.76. The Morgan fingerprint density at radius 1 is 1.56 bits per heavy atom. The summed E-state index contributed by atoms with van der Waals surface area (Å²) in [5.74, 6) is 0. The van der Waals surface area contributed by atoms with Crippen LogP contribution in [0, 0.1) is 10.1 Å². The van der Waals surface area contributed by atoms with Gasteiger partial charge in [0.1, 0.15) is 0 Å². The van der Waals surface area contributed by atoms with E-state index in [1.807, 2.05) is 0 Å². The number of amides is 1. The third-order valence-corrected chi connectivity index (χ3v) is 3.88. The summed E-state index contributed by atoms with van der Waals surface area (Å²) in [6.07, 6.45) is -1.57. The van der Waals surface area contributed by atoms with Crippen LogP contribution in [0.3, 0.4) is 0 Å². The van der Waals surface area contributed by atoms with Crippen LogP contribution in [0.4, 0.5) is 14.9 Å². The summed E-state index contributed by atoms with van der Waals surface area (Å²) in [5.41, 5.74) is -0.0418. The average molecular weight is 262 g/mol. The highest BCUT2D eigenvalue weighted by molar-refractivity contribution is 8.75. The fourth-order valence-electron chi connectivity index (χ4n) is 0.777. The lowest BCUT2D eigenvalue weighted by Crippen LogP contribution is -2.10. The number of carbonyl (C=O) groups excluding carboxylic acids is 1. The van der Waals surface area contributed by atoms with Crippen molar-refractivity contribution >= 4 is 33.6 Å². The van der Waals surface area contributed by atoms with Crippen LogP contribution in [0.5, 0.6) is 0 Å². The number of nitro groups is 1. The van der Waals surface area contributed by atoms with Crippen LogP contribution in [-0.2, 0) is 0 Å². The van der Waals surface area contributed by atoms with Gasteiger partial charge in [0.05, 0.1) is 4.92 Å². The molecular formula is C8H7FN2O3S2. The van der Waals surface area contributed by atoms with Crippen molar-refractivity contribution in [3.63, 3.8) is 0 Å². The largest absolute Gasteiger partial charge is 0.410 e. The van der Waals surface area contributed by atoms with Crippen molar-refractivity contribution in [2.75, 3.05) is 7.05 Å². The minimum atomic E-state index is -1.57. The van der Waals surface area contributed by atoms with Gasteiger partial charge in [0.25, 0.3) is 5.69 Å². The molecule has 1 aromatic carbocycles. The molecule has 0 heterocycles. The zero-order chi connectivity index (χ0) is 12.1. The molecule has 0 fully saturated rings. The summed E-state index contributed by atoms with van der Waals surface area (Å²) in [6.45, 7) is 0. The van der Waals surface area contributed by atoms with E-state index in [4.69, 9.17) is 0 Å². The molecule has 1 amide bonds.